The Bertz CT molecular complexity index is 477. The van der Waals surface area contributed by atoms with Crippen LogP contribution in [0.5, 0.6) is 5.75 Å². The van der Waals surface area contributed by atoms with Crippen LogP contribution in [0.4, 0.5) is 0 Å². The Hall–Kier alpha value is -2.08. The van der Waals surface area contributed by atoms with Gasteiger partial charge in [-0.3, -0.25) is 9.59 Å². The van der Waals surface area contributed by atoms with Crippen LogP contribution < -0.4 is 21.1 Å². The van der Waals surface area contributed by atoms with Gasteiger partial charge in [-0.15, -0.1) is 0 Å². The quantitative estimate of drug-likeness (QED) is 0.614. The lowest BCUT2D eigenvalue weighted by Crippen LogP contribution is -2.43. The summed E-state index contributed by atoms with van der Waals surface area (Å²) in [7, 11) is 1.55. The first-order valence-corrected chi connectivity index (χ1v) is 7.04. The average molecular weight is 293 g/mol. The fourth-order valence-electron chi connectivity index (χ4n) is 1.80. The van der Waals surface area contributed by atoms with Crippen LogP contribution >= 0.6 is 0 Å². The number of amides is 2. The predicted octanol–water partition coefficient (Wildman–Crippen LogP) is 0.669. The van der Waals surface area contributed by atoms with E-state index in [0.29, 0.717) is 30.8 Å². The summed E-state index contributed by atoms with van der Waals surface area (Å²) in [6.07, 6.45) is 1.52. The molecule has 1 aromatic rings. The van der Waals surface area contributed by atoms with Crippen LogP contribution in [0.3, 0.4) is 0 Å². The van der Waals surface area contributed by atoms with Crippen molar-refractivity contribution in [1.29, 1.82) is 0 Å². The van der Waals surface area contributed by atoms with E-state index in [-0.39, 0.29) is 11.8 Å². The molecule has 21 heavy (non-hydrogen) atoms. The predicted molar refractivity (Wildman–Crippen MR) is 81.2 cm³/mol. The zero-order chi connectivity index (χ0) is 15.7. The van der Waals surface area contributed by atoms with Crippen molar-refractivity contribution in [2.45, 2.75) is 25.8 Å². The highest BCUT2D eigenvalue weighted by atomic mass is 16.5. The van der Waals surface area contributed by atoms with E-state index in [1.54, 1.807) is 31.4 Å². The van der Waals surface area contributed by atoms with Crippen molar-refractivity contribution < 1.29 is 14.3 Å². The van der Waals surface area contributed by atoms with Gasteiger partial charge in [-0.1, -0.05) is 19.4 Å². The average Bonchev–Trinajstić information content (AvgIpc) is 2.51. The molecule has 0 aliphatic heterocycles. The lowest BCUT2D eigenvalue weighted by atomic mass is 10.2. The Morgan fingerprint density at radius 1 is 1.29 bits per heavy atom. The van der Waals surface area contributed by atoms with Crippen LogP contribution in [0, 0.1) is 0 Å². The van der Waals surface area contributed by atoms with Gasteiger partial charge in [-0.25, -0.2) is 0 Å². The Balaban J connectivity index is 2.32. The zero-order valence-electron chi connectivity index (χ0n) is 12.5. The summed E-state index contributed by atoms with van der Waals surface area (Å²) in [5.41, 5.74) is 6.20. The Labute approximate surface area is 125 Å². The second-order valence-electron chi connectivity index (χ2n) is 4.67. The molecular weight excluding hydrogens is 270 g/mol. The van der Waals surface area contributed by atoms with Crippen LogP contribution in [-0.4, -0.2) is 38.1 Å². The molecule has 4 N–H and O–H groups in total. The minimum absolute atomic E-state index is 0.188. The summed E-state index contributed by atoms with van der Waals surface area (Å²) in [5, 5.41) is 5.42. The number of nitrogens with one attached hydrogen (secondary N) is 2. The van der Waals surface area contributed by atoms with Crippen molar-refractivity contribution in [2.75, 3.05) is 20.2 Å². The van der Waals surface area contributed by atoms with Crippen LogP contribution in [0.15, 0.2) is 24.3 Å². The van der Waals surface area contributed by atoms with Crippen molar-refractivity contribution in [3.63, 3.8) is 0 Å². The van der Waals surface area contributed by atoms with Crippen molar-refractivity contribution >= 4 is 11.8 Å². The van der Waals surface area contributed by atoms with Gasteiger partial charge in [0.05, 0.1) is 13.2 Å². The zero-order valence-corrected chi connectivity index (χ0v) is 12.5. The fourth-order valence-corrected chi connectivity index (χ4v) is 1.80. The van der Waals surface area contributed by atoms with Gasteiger partial charge in [-0.2, -0.15) is 0 Å². The number of methoxy groups -OCH3 is 1. The molecule has 1 aromatic carbocycles. The van der Waals surface area contributed by atoms with Crippen molar-refractivity contribution in [2.24, 2.45) is 5.73 Å². The number of carbonyl (C=O) groups excluding carboxylic acids is 2. The van der Waals surface area contributed by atoms with Crippen molar-refractivity contribution in [3.8, 4) is 5.75 Å². The van der Waals surface area contributed by atoms with Gasteiger partial charge in [-0.05, 0) is 24.6 Å². The topological polar surface area (TPSA) is 93.5 Å². The molecule has 0 aromatic heterocycles. The van der Waals surface area contributed by atoms with Gasteiger partial charge < -0.3 is 21.1 Å². The van der Waals surface area contributed by atoms with Gasteiger partial charge in [0, 0.05) is 18.7 Å². The standard InChI is InChI=1S/C15H23N3O3/c1-3-5-13(16)15(20)18-9-8-17-14(19)11-6-4-7-12(10-11)21-2/h4,6-7,10,13H,3,5,8-9,16H2,1-2H3,(H,17,19)(H,18,20). The molecule has 116 valence electrons. The largest absolute Gasteiger partial charge is 0.497 e. The number of benzene rings is 1. The van der Waals surface area contributed by atoms with E-state index in [4.69, 9.17) is 10.5 Å². The van der Waals surface area contributed by atoms with Crippen LogP contribution in [0.1, 0.15) is 30.1 Å². The summed E-state index contributed by atoms with van der Waals surface area (Å²) < 4.78 is 5.06. The summed E-state index contributed by atoms with van der Waals surface area (Å²) in [6.45, 7) is 2.67. The minimum Gasteiger partial charge on any atom is -0.497 e. The molecule has 0 fully saturated rings. The Kier molecular flexibility index (Phi) is 7.25. The van der Waals surface area contributed by atoms with Crippen molar-refractivity contribution in [1.82, 2.24) is 10.6 Å². The maximum absolute atomic E-state index is 11.9. The van der Waals surface area contributed by atoms with Crippen LogP contribution in [0.25, 0.3) is 0 Å². The third-order valence-electron chi connectivity index (χ3n) is 2.98. The SMILES string of the molecule is CCCC(N)C(=O)NCCNC(=O)c1cccc(OC)c1. The number of hydrogen-bond acceptors (Lipinski definition) is 4. The number of ether oxygens (including phenoxy) is 1. The lowest BCUT2D eigenvalue weighted by Gasteiger charge is -2.11. The van der Waals surface area contributed by atoms with Gasteiger partial charge in [0.15, 0.2) is 0 Å². The van der Waals surface area contributed by atoms with Gasteiger partial charge in [0.25, 0.3) is 5.91 Å². The third-order valence-corrected chi connectivity index (χ3v) is 2.98. The molecule has 6 heteroatoms. The summed E-state index contributed by atoms with van der Waals surface area (Å²) in [4.78, 5) is 23.5. The van der Waals surface area contributed by atoms with Crippen molar-refractivity contribution in [3.05, 3.63) is 29.8 Å². The molecule has 0 heterocycles. The molecule has 0 spiro atoms. The Morgan fingerprint density at radius 3 is 2.67 bits per heavy atom. The maximum atomic E-state index is 11.9. The second kappa shape index (κ2) is 8.97. The fraction of sp³-hybridized carbons (Fsp3) is 0.467. The highest BCUT2D eigenvalue weighted by Gasteiger charge is 2.11. The minimum atomic E-state index is -0.482. The number of rotatable bonds is 8. The molecule has 6 nitrogen and oxygen atoms in total. The molecule has 0 aliphatic rings. The smallest absolute Gasteiger partial charge is 0.251 e. The van der Waals surface area contributed by atoms with E-state index in [1.807, 2.05) is 6.92 Å². The summed E-state index contributed by atoms with van der Waals surface area (Å²) in [5.74, 6) is 0.231. The molecule has 0 radical (unpaired) electrons. The molecule has 0 saturated carbocycles. The number of hydrogen-bond donors (Lipinski definition) is 3. The molecule has 0 saturated heterocycles. The molecule has 0 aliphatic carbocycles. The van der Waals surface area contributed by atoms with E-state index < -0.39 is 6.04 Å². The first-order chi connectivity index (χ1) is 10.1. The van der Waals surface area contributed by atoms with Crippen LogP contribution in [0.2, 0.25) is 0 Å². The molecule has 2 amide bonds. The number of nitrogens with two attached hydrogens (primary N) is 1. The van der Waals surface area contributed by atoms with E-state index in [2.05, 4.69) is 10.6 Å². The highest BCUT2D eigenvalue weighted by Crippen LogP contribution is 2.12. The molecule has 1 rings (SSSR count). The molecule has 1 unspecified atom stereocenters. The van der Waals surface area contributed by atoms with E-state index >= 15 is 0 Å². The van der Waals surface area contributed by atoms with Gasteiger partial charge in [0.1, 0.15) is 5.75 Å². The second-order valence-corrected chi connectivity index (χ2v) is 4.67. The number of carbonyl (C=O) groups is 2. The lowest BCUT2D eigenvalue weighted by molar-refractivity contribution is -0.122. The van der Waals surface area contributed by atoms with E-state index in [9.17, 15) is 9.59 Å². The summed E-state index contributed by atoms with van der Waals surface area (Å²) >= 11 is 0. The molecule has 1 atom stereocenters. The Morgan fingerprint density at radius 2 is 2.00 bits per heavy atom. The van der Waals surface area contributed by atoms with Gasteiger partial charge >= 0.3 is 0 Å². The first-order valence-electron chi connectivity index (χ1n) is 7.04. The van der Waals surface area contributed by atoms with Gasteiger partial charge in [0.2, 0.25) is 5.91 Å². The molecule has 0 bridgehead atoms. The van der Waals surface area contributed by atoms with E-state index in [0.717, 1.165) is 6.42 Å². The van der Waals surface area contributed by atoms with Crippen LogP contribution in [-0.2, 0) is 4.79 Å². The monoisotopic (exact) mass is 293 g/mol. The third kappa shape index (κ3) is 5.83. The first kappa shape index (κ1) is 17.0. The molecular formula is C15H23N3O3. The maximum Gasteiger partial charge on any atom is 0.251 e. The normalized spacial score (nSPS) is 11.6. The highest BCUT2D eigenvalue weighted by molar-refractivity contribution is 5.94. The van der Waals surface area contributed by atoms with E-state index in [1.165, 1.54) is 0 Å². The summed E-state index contributed by atoms with van der Waals surface area (Å²) in [6, 6.07) is 6.40.